The summed E-state index contributed by atoms with van der Waals surface area (Å²) in [4.78, 5) is 18.4. The van der Waals surface area contributed by atoms with Crippen molar-refractivity contribution in [2.45, 2.75) is 0 Å². The van der Waals surface area contributed by atoms with Crippen molar-refractivity contribution >= 4 is 39.8 Å². The van der Waals surface area contributed by atoms with Crippen LogP contribution in [0.4, 0.5) is 0 Å². The molecule has 0 N–H and O–H groups in total. The van der Waals surface area contributed by atoms with E-state index < -0.39 is 0 Å². The first-order valence-electron chi connectivity index (χ1n) is 6.98. The van der Waals surface area contributed by atoms with Gasteiger partial charge in [0.1, 0.15) is 0 Å². The average molecular weight is 337 g/mol. The number of hydrogen-bond acceptors (Lipinski definition) is 5. The molecule has 0 aliphatic heterocycles. The molecule has 0 saturated heterocycles. The maximum absolute atomic E-state index is 12.4. The summed E-state index contributed by atoms with van der Waals surface area (Å²) in [5, 5.41) is 6.28. The van der Waals surface area contributed by atoms with E-state index >= 15 is 0 Å². The van der Waals surface area contributed by atoms with Crippen LogP contribution >= 0.6 is 22.7 Å². The van der Waals surface area contributed by atoms with Crippen LogP contribution in [0.5, 0.6) is 0 Å². The van der Waals surface area contributed by atoms with Crippen LogP contribution in [-0.2, 0) is 0 Å². The summed E-state index contributed by atoms with van der Waals surface area (Å²) in [6, 6.07) is 13.9. The lowest BCUT2D eigenvalue weighted by Gasteiger charge is -1.87. The molecule has 3 aromatic heterocycles. The molecule has 112 valence electrons. The minimum Gasteiger partial charge on any atom is -0.266 e. The molecule has 4 nitrogen and oxygen atoms in total. The molecule has 0 saturated carbocycles. The van der Waals surface area contributed by atoms with E-state index in [-0.39, 0.29) is 5.56 Å². The molecule has 6 heteroatoms. The number of allylic oxidation sites excluding steroid dienone is 1. The molecule has 0 aliphatic carbocycles. The first-order chi connectivity index (χ1) is 11.3. The Balaban J connectivity index is 1.70. The predicted molar refractivity (Wildman–Crippen MR) is 95.6 cm³/mol. The number of fused-ring (bicyclic) bond motifs is 1. The molecule has 1 aromatic carbocycles. The zero-order valence-corrected chi connectivity index (χ0v) is 13.6. The SMILES string of the molecule is O=c1/c(=C/C=C/c2ccccc2)sc2nc(-c3cccs3)nn12. The molecule has 0 unspecified atom stereocenters. The highest BCUT2D eigenvalue weighted by Crippen LogP contribution is 2.21. The van der Waals surface area contributed by atoms with E-state index in [2.05, 4.69) is 10.1 Å². The topological polar surface area (TPSA) is 47.3 Å². The number of thiophene rings is 1. The second kappa shape index (κ2) is 5.91. The molecular formula is C17H11N3OS2. The molecule has 4 aromatic rings. The van der Waals surface area contributed by atoms with Crippen LogP contribution in [0.3, 0.4) is 0 Å². The summed E-state index contributed by atoms with van der Waals surface area (Å²) in [5.41, 5.74) is 0.966. The fourth-order valence-electron chi connectivity index (χ4n) is 2.17. The van der Waals surface area contributed by atoms with Crippen molar-refractivity contribution in [1.29, 1.82) is 0 Å². The van der Waals surface area contributed by atoms with Gasteiger partial charge >= 0.3 is 0 Å². The standard InChI is InChI=1S/C17H11N3OS2/c21-16-14(9-4-8-12-6-2-1-3-7-12)23-17-18-15(19-20(16)17)13-10-5-11-22-13/h1-11H/b8-4+,14-9-. The molecule has 0 atom stereocenters. The second-order valence-corrected chi connectivity index (χ2v) is 6.77. The van der Waals surface area contributed by atoms with E-state index in [4.69, 9.17) is 0 Å². The van der Waals surface area contributed by atoms with Crippen LogP contribution in [0.15, 0.2) is 58.7 Å². The quantitative estimate of drug-likeness (QED) is 0.577. The third kappa shape index (κ3) is 2.74. The molecule has 4 rings (SSSR count). The van der Waals surface area contributed by atoms with Crippen LogP contribution < -0.4 is 10.1 Å². The fraction of sp³-hybridized carbons (Fsp3) is 0. The second-order valence-electron chi connectivity index (χ2n) is 4.82. The summed E-state index contributed by atoms with van der Waals surface area (Å²) in [5.74, 6) is 0.606. The highest BCUT2D eigenvalue weighted by atomic mass is 32.1. The highest BCUT2D eigenvalue weighted by molar-refractivity contribution is 7.15. The smallest absolute Gasteiger partial charge is 0.266 e. The van der Waals surface area contributed by atoms with Crippen molar-refractivity contribution in [2.75, 3.05) is 0 Å². The van der Waals surface area contributed by atoms with E-state index in [1.165, 1.54) is 15.9 Å². The van der Waals surface area contributed by atoms with Gasteiger partial charge in [-0.2, -0.15) is 9.50 Å². The number of thiazole rings is 1. The lowest BCUT2D eigenvalue weighted by atomic mass is 10.2. The molecular weight excluding hydrogens is 326 g/mol. The van der Waals surface area contributed by atoms with Gasteiger partial charge in [-0.1, -0.05) is 59.9 Å². The first-order valence-corrected chi connectivity index (χ1v) is 8.68. The van der Waals surface area contributed by atoms with E-state index in [1.54, 1.807) is 17.4 Å². The van der Waals surface area contributed by atoms with Crippen LogP contribution in [0, 0.1) is 0 Å². The van der Waals surface area contributed by atoms with Gasteiger partial charge in [0.15, 0.2) is 5.82 Å². The van der Waals surface area contributed by atoms with Crippen molar-refractivity contribution < 1.29 is 0 Å². The molecule has 0 radical (unpaired) electrons. The molecule has 3 heterocycles. The van der Waals surface area contributed by atoms with Gasteiger partial charge in [0.2, 0.25) is 4.96 Å². The average Bonchev–Trinajstić information content (AvgIpc) is 3.27. The van der Waals surface area contributed by atoms with Gasteiger partial charge in [0.05, 0.1) is 9.41 Å². The third-order valence-electron chi connectivity index (χ3n) is 3.26. The monoisotopic (exact) mass is 337 g/mol. The maximum Gasteiger partial charge on any atom is 0.291 e. The number of nitrogens with zero attached hydrogens (tertiary/aromatic N) is 3. The van der Waals surface area contributed by atoms with Crippen molar-refractivity contribution in [3.05, 3.63) is 74.4 Å². The fourth-order valence-corrected chi connectivity index (χ4v) is 3.68. The van der Waals surface area contributed by atoms with Gasteiger partial charge in [-0.05, 0) is 23.1 Å². The summed E-state index contributed by atoms with van der Waals surface area (Å²) >= 11 is 2.91. The van der Waals surface area contributed by atoms with Crippen molar-refractivity contribution in [3.8, 4) is 10.7 Å². The van der Waals surface area contributed by atoms with Crippen LogP contribution in [0.2, 0.25) is 0 Å². The first kappa shape index (κ1) is 14.0. The van der Waals surface area contributed by atoms with Gasteiger partial charge in [-0.3, -0.25) is 4.79 Å². The number of aromatic nitrogens is 3. The van der Waals surface area contributed by atoms with E-state index in [0.29, 0.717) is 15.3 Å². The van der Waals surface area contributed by atoms with Gasteiger partial charge in [-0.15, -0.1) is 16.4 Å². The molecule has 0 bridgehead atoms. The number of hydrogen-bond donors (Lipinski definition) is 0. The Morgan fingerprint density at radius 1 is 1.09 bits per heavy atom. The Labute approximate surface area is 139 Å². The normalized spacial score (nSPS) is 12.6. The van der Waals surface area contributed by atoms with Crippen molar-refractivity contribution in [2.24, 2.45) is 0 Å². The van der Waals surface area contributed by atoms with Gasteiger partial charge in [0, 0.05) is 0 Å². The Morgan fingerprint density at radius 3 is 2.70 bits per heavy atom. The maximum atomic E-state index is 12.4. The zero-order valence-electron chi connectivity index (χ0n) is 11.9. The lowest BCUT2D eigenvalue weighted by molar-refractivity contribution is 0.938. The van der Waals surface area contributed by atoms with Crippen LogP contribution in [0.1, 0.15) is 5.56 Å². The Bertz CT molecular complexity index is 1080. The summed E-state index contributed by atoms with van der Waals surface area (Å²) in [7, 11) is 0. The Hall–Kier alpha value is -2.57. The lowest BCUT2D eigenvalue weighted by Crippen LogP contribution is -2.23. The summed E-state index contributed by atoms with van der Waals surface area (Å²) < 4.78 is 2.01. The molecule has 23 heavy (non-hydrogen) atoms. The molecule has 0 spiro atoms. The minimum atomic E-state index is -0.127. The zero-order chi connectivity index (χ0) is 15.6. The van der Waals surface area contributed by atoms with Gasteiger partial charge in [0.25, 0.3) is 5.56 Å². The number of benzene rings is 1. The highest BCUT2D eigenvalue weighted by Gasteiger charge is 2.11. The molecule has 0 aliphatic rings. The predicted octanol–water partition coefficient (Wildman–Crippen LogP) is 3.09. The molecule has 0 fully saturated rings. The van der Waals surface area contributed by atoms with Gasteiger partial charge in [-0.25, -0.2) is 0 Å². The summed E-state index contributed by atoms with van der Waals surface area (Å²) in [6.45, 7) is 0. The Morgan fingerprint density at radius 2 is 1.96 bits per heavy atom. The number of rotatable bonds is 3. The minimum absolute atomic E-state index is 0.127. The van der Waals surface area contributed by atoms with Crippen LogP contribution in [-0.4, -0.2) is 14.6 Å². The van der Waals surface area contributed by atoms with E-state index in [9.17, 15) is 4.79 Å². The van der Waals surface area contributed by atoms with E-state index in [1.807, 2.05) is 60.0 Å². The van der Waals surface area contributed by atoms with Gasteiger partial charge < -0.3 is 0 Å². The van der Waals surface area contributed by atoms with E-state index in [0.717, 1.165) is 10.4 Å². The molecule has 0 amide bonds. The van der Waals surface area contributed by atoms with Crippen LogP contribution in [0.25, 0.3) is 27.8 Å². The third-order valence-corrected chi connectivity index (χ3v) is 5.10. The van der Waals surface area contributed by atoms with Crippen molar-refractivity contribution in [3.63, 3.8) is 0 Å². The summed E-state index contributed by atoms with van der Waals surface area (Å²) in [6.07, 6.45) is 5.65. The van der Waals surface area contributed by atoms with Crippen molar-refractivity contribution in [1.82, 2.24) is 14.6 Å². The Kier molecular flexibility index (Phi) is 3.61. The largest absolute Gasteiger partial charge is 0.291 e.